The molecule has 3 aliphatic carbocycles. The smallest absolute Gasteiger partial charge is 0.0468 e. The lowest BCUT2D eigenvalue weighted by Crippen LogP contribution is -2.41. The summed E-state index contributed by atoms with van der Waals surface area (Å²) in [4.78, 5) is 0. The lowest BCUT2D eigenvalue weighted by Gasteiger charge is -2.32. The van der Waals surface area contributed by atoms with E-state index in [2.05, 4.69) is 12.2 Å². The van der Waals surface area contributed by atoms with Gasteiger partial charge in [0.15, 0.2) is 0 Å². The molecule has 3 aliphatic rings. The molecule has 92 valence electrons. The van der Waals surface area contributed by atoms with E-state index in [1.165, 1.54) is 32.1 Å². The third-order valence-corrected chi connectivity index (χ3v) is 5.47. The van der Waals surface area contributed by atoms with Gasteiger partial charge < -0.3 is 10.4 Å². The van der Waals surface area contributed by atoms with E-state index in [1.807, 2.05) is 0 Å². The minimum absolute atomic E-state index is 0.319. The van der Waals surface area contributed by atoms with Crippen LogP contribution in [-0.2, 0) is 0 Å². The number of hydrogen-bond donors (Lipinski definition) is 2. The van der Waals surface area contributed by atoms with Crippen LogP contribution in [0.2, 0.25) is 0 Å². The van der Waals surface area contributed by atoms with Crippen molar-refractivity contribution in [2.75, 3.05) is 13.2 Å². The summed E-state index contributed by atoms with van der Waals surface area (Å²) in [6.45, 7) is 3.44. The van der Waals surface area contributed by atoms with E-state index in [4.69, 9.17) is 5.11 Å². The molecule has 2 heteroatoms. The van der Waals surface area contributed by atoms with E-state index in [0.717, 1.165) is 36.3 Å². The molecule has 3 rings (SSSR count). The highest BCUT2D eigenvalue weighted by Crippen LogP contribution is 2.58. The highest BCUT2D eigenvalue weighted by Gasteiger charge is 2.53. The Bertz CT molecular complexity index is 255. The molecule has 0 radical (unpaired) electrons. The topological polar surface area (TPSA) is 32.3 Å². The zero-order valence-corrected chi connectivity index (χ0v) is 10.4. The lowest BCUT2D eigenvalue weighted by atomic mass is 9.79. The van der Waals surface area contributed by atoms with Crippen LogP contribution < -0.4 is 5.32 Å². The van der Waals surface area contributed by atoms with Crippen LogP contribution in [0.25, 0.3) is 0 Å². The number of nitrogens with one attached hydrogen (secondary N) is 1. The molecule has 0 aromatic heterocycles. The first kappa shape index (κ1) is 11.0. The highest BCUT2D eigenvalue weighted by atomic mass is 16.3. The zero-order chi connectivity index (χ0) is 11.1. The van der Waals surface area contributed by atoms with Gasteiger partial charge in [0.05, 0.1) is 0 Å². The lowest BCUT2D eigenvalue weighted by molar-refractivity contribution is 0.188. The van der Waals surface area contributed by atoms with Crippen LogP contribution in [0.1, 0.15) is 39.0 Å². The van der Waals surface area contributed by atoms with Gasteiger partial charge in [-0.3, -0.25) is 0 Å². The van der Waals surface area contributed by atoms with Gasteiger partial charge in [-0.1, -0.05) is 13.3 Å². The van der Waals surface area contributed by atoms with E-state index >= 15 is 0 Å². The van der Waals surface area contributed by atoms with Crippen LogP contribution in [-0.4, -0.2) is 24.3 Å². The van der Waals surface area contributed by atoms with Crippen molar-refractivity contribution in [2.24, 2.45) is 29.6 Å². The molecule has 2 bridgehead atoms. The summed E-state index contributed by atoms with van der Waals surface area (Å²) in [6.07, 6.45) is 7.43. The predicted octanol–water partition coefficient (Wildman–Crippen LogP) is 2.03. The first-order valence-electron chi connectivity index (χ1n) is 7.14. The molecule has 0 aromatic carbocycles. The van der Waals surface area contributed by atoms with Crippen LogP contribution in [0, 0.1) is 29.6 Å². The first-order chi connectivity index (χ1) is 7.79. The Kier molecular flexibility index (Phi) is 2.97. The Hall–Kier alpha value is -0.0800. The van der Waals surface area contributed by atoms with Crippen molar-refractivity contribution in [3.05, 3.63) is 0 Å². The number of aliphatic hydroxyl groups excluding tert-OH is 1. The minimum atomic E-state index is 0.319. The maximum Gasteiger partial charge on any atom is 0.0468 e. The Morgan fingerprint density at radius 2 is 2.00 bits per heavy atom. The van der Waals surface area contributed by atoms with Gasteiger partial charge in [-0.05, 0) is 55.3 Å². The molecular formula is C14H25NO. The van der Waals surface area contributed by atoms with Gasteiger partial charge in [0.25, 0.3) is 0 Å². The standard InChI is InChI=1S/C14H25NO/c1-9(8-16)7-15-14-6-10-5-13(14)12-4-2-3-11(10)12/h9-16H,2-8H2,1H3. The Labute approximate surface area is 98.8 Å². The maximum atomic E-state index is 9.05. The highest BCUT2D eigenvalue weighted by molar-refractivity contribution is 5.05. The summed E-state index contributed by atoms with van der Waals surface area (Å²) in [7, 11) is 0. The van der Waals surface area contributed by atoms with Gasteiger partial charge in [0.1, 0.15) is 0 Å². The van der Waals surface area contributed by atoms with Gasteiger partial charge in [-0.2, -0.15) is 0 Å². The monoisotopic (exact) mass is 223 g/mol. The minimum Gasteiger partial charge on any atom is -0.396 e. The third kappa shape index (κ3) is 1.70. The molecule has 0 aliphatic heterocycles. The van der Waals surface area contributed by atoms with Gasteiger partial charge in [0, 0.05) is 19.2 Å². The van der Waals surface area contributed by atoms with Crippen LogP contribution in [0.3, 0.4) is 0 Å². The molecule has 6 atom stereocenters. The molecule has 16 heavy (non-hydrogen) atoms. The van der Waals surface area contributed by atoms with Crippen LogP contribution in [0.15, 0.2) is 0 Å². The van der Waals surface area contributed by atoms with Crippen LogP contribution in [0.5, 0.6) is 0 Å². The number of rotatable bonds is 4. The molecule has 0 heterocycles. The fourth-order valence-electron chi connectivity index (χ4n) is 4.72. The van der Waals surface area contributed by atoms with Crippen molar-refractivity contribution < 1.29 is 5.11 Å². The Morgan fingerprint density at radius 3 is 2.81 bits per heavy atom. The summed E-state index contributed by atoms with van der Waals surface area (Å²) < 4.78 is 0. The molecule has 0 spiro atoms. The van der Waals surface area contributed by atoms with E-state index in [1.54, 1.807) is 0 Å². The molecule has 3 saturated carbocycles. The summed E-state index contributed by atoms with van der Waals surface area (Å²) in [5, 5.41) is 12.8. The van der Waals surface area contributed by atoms with Crippen LogP contribution >= 0.6 is 0 Å². The molecular weight excluding hydrogens is 198 g/mol. The molecule has 6 unspecified atom stereocenters. The van der Waals surface area contributed by atoms with E-state index in [9.17, 15) is 0 Å². The number of aliphatic hydroxyl groups is 1. The van der Waals surface area contributed by atoms with Crippen molar-refractivity contribution in [1.29, 1.82) is 0 Å². The second-order valence-electron chi connectivity index (χ2n) is 6.46. The van der Waals surface area contributed by atoms with E-state index in [0.29, 0.717) is 12.5 Å². The fourth-order valence-corrected chi connectivity index (χ4v) is 4.72. The summed E-state index contributed by atoms with van der Waals surface area (Å²) in [6, 6.07) is 0.776. The summed E-state index contributed by atoms with van der Waals surface area (Å²) >= 11 is 0. The molecule has 0 amide bonds. The summed E-state index contributed by atoms with van der Waals surface area (Å²) in [5.41, 5.74) is 0. The quantitative estimate of drug-likeness (QED) is 0.764. The maximum absolute atomic E-state index is 9.05. The average Bonchev–Trinajstić information content (AvgIpc) is 2.96. The van der Waals surface area contributed by atoms with Crippen molar-refractivity contribution in [3.8, 4) is 0 Å². The van der Waals surface area contributed by atoms with Crippen molar-refractivity contribution in [3.63, 3.8) is 0 Å². The SMILES string of the molecule is CC(CO)CNC1CC2CC1C1CCCC21. The van der Waals surface area contributed by atoms with E-state index < -0.39 is 0 Å². The normalized spacial score (nSPS) is 47.2. The molecule has 2 nitrogen and oxygen atoms in total. The molecule has 2 N–H and O–H groups in total. The third-order valence-electron chi connectivity index (χ3n) is 5.47. The number of fused-ring (bicyclic) bond motifs is 5. The van der Waals surface area contributed by atoms with Crippen molar-refractivity contribution in [1.82, 2.24) is 5.32 Å². The Balaban J connectivity index is 1.56. The largest absolute Gasteiger partial charge is 0.396 e. The number of hydrogen-bond acceptors (Lipinski definition) is 2. The Morgan fingerprint density at radius 1 is 1.19 bits per heavy atom. The predicted molar refractivity (Wildman–Crippen MR) is 65.1 cm³/mol. The zero-order valence-electron chi connectivity index (χ0n) is 10.4. The van der Waals surface area contributed by atoms with Gasteiger partial charge in [0.2, 0.25) is 0 Å². The molecule has 3 fully saturated rings. The summed E-state index contributed by atoms with van der Waals surface area (Å²) in [5.74, 6) is 4.58. The second kappa shape index (κ2) is 4.30. The van der Waals surface area contributed by atoms with Crippen LogP contribution in [0.4, 0.5) is 0 Å². The van der Waals surface area contributed by atoms with Crippen molar-refractivity contribution in [2.45, 2.75) is 45.1 Å². The first-order valence-corrected chi connectivity index (χ1v) is 7.14. The fraction of sp³-hybridized carbons (Fsp3) is 1.00. The second-order valence-corrected chi connectivity index (χ2v) is 6.46. The van der Waals surface area contributed by atoms with Gasteiger partial charge in [-0.15, -0.1) is 0 Å². The molecule has 0 aromatic rings. The average molecular weight is 223 g/mol. The van der Waals surface area contributed by atoms with Gasteiger partial charge >= 0.3 is 0 Å². The molecule has 0 saturated heterocycles. The van der Waals surface area contributed by atoms with E-state index in [-0.39, 0.29) is 0 Å². The van der Waals surface area contributed by atoms with Crippen molar-refractivity contribution >= 4 is 0 Å². The van der Waals surface area contributed by atoms with Gasteiger partial charge in [-0.25, -0.2) is 0 Å².